The topological polar surface area (TPSA) is 67.6 Å². The lowest BCUT2D eigenvalue weighted by molar-refractivity contribution is 0.0172. The molecule has 1 saturated heterocycles. The average Bonchev–Trinajstić information content (AvgIpc) is 2.94. The van der Waals surface area contributed by atoms with Crippen LogP contribution in [0.1, 0.15) is 33.6 Å². The van der Waals surface area contributed by atoms with Gasteiger partial charge in [-0.05, 0) is 51.7 Å². The third-order valence-corrected chi connectivity index (χ3v) is 4.01. The molecule has 1 atom stereocenters. The SMILES string of the molecule is CC(C)(C)OC(=O)N1CCCC(CNc2nc3ccccc3o2)C1. The number of anilines is 1. The third kappa shape index (κ3) is 4.19. The lowest BCUT2D eigenvalue weighted by Gasteiger charge is -2.34. The van der Waals surface area contributed by atoms with Gasteiger partial charge in [-0.2, -0.15) is 4.98 Å². The van der Waals surface area contributed by atoms with E-state index in [1.807, 2.05) is 45.0 Å². The van der Waals surface area contributed by atoms with Crippen LogP contribution in [0.4, 0.5) is 10.8 Å². The largest absolute Gasteiger partial charge is 0.444 e. The molecule has 0 spiro atoms. The Bertz CT molecular complexity index is 672. The number of likely N-dealkylation sites (tertiary alicyclic amines) is 1. The molecule has 2 heterocycles. The number of fused-ring (bicyclic) bond motifs is 1. The number of carbonyl (C=O) groups is 1. The summed E-state index contributed by atoms with van der Waals surface area (Å²) in [7, 11) is 0. The molecule has 0 saturated carbocycles. The zero-order valence-corrected chi connectivity index (χ0v) is 14.5. The fraction of sp³-hybridized carbons (Fsp3) is 0.556. The Morgan fingerprint density at radius 1 is 1.42 bits per heavy atom. The number of carbonyl (C=O) groups excluding carboxylic acids is 1. The highest BCUT2D eigenvalue weighted by atomic mass is 16.6. The van der Waals surface area contributed by atoms with Crippen LogP contribution in [0.5, 0.6) is 0 Å². The van der Waals surface area contributed by atoms with Crippen molar-refractivity contribution >= 4 is 23.2 Å². The van der Waals surface area contributed by atoms with Crippen LogP contribution in [0, 0.1) is 5.92 Å². The number of hydrogen-bond acceptors (Lipinski definition) is 5. The minimum atomic E-state index is -0.458. The summed E-state index contributed by atoms with van der Waals surface area (Å²) >= 11 is 0. The van der Waals surface area contributed by atoms with E-state index in [9.17, 15) is 4.79 Å². The lowest BCUT2D eigenvalue weighted by Crippen LogP contribution is -2.44. The van der Waals surface area contributed by atoms with Crippen molar-refractivity contribution in [3.05, 3.63) is 24.3 Å². The molecule has 1 aromatic heterocycles. The molecule has 1 unspecified atom stereocenters. The molecule has 6 nitrogen and oxygen atoms in total. The number of nitrogens with zero attached hydrogens (tertiary/aromatic N) is 2. The average molecular weight is 331 g/mol. The van der Waals surface area contributed by atoms with E-state index in [1.54, 1.807) is 4.90 Å². The van der Waals surface area contributed by atoms with Crippen molar-refractivity contribution in [3.63, 3.8) is 0 Å². The summed E-state index contributed by atoms with van der Waals surface area (Å²) < 4.78 is 11.1. The van der Waals surface area contributed by atoms with Crippen LogP contribution in [0.15, 0.2) is 28.7 Å². The van der Waals surface area contributed by atoms with Crippen molar-refractivity contribution in [2.24, 2.45) is 5.92 Å². The quantitative estimate of drug-likeness (QED) is 0.924. The van der Waals surface area contributed by atoms with Gasteiger partial charge in [0.2, 0.25) is 0 Å². The number of amides is 1. The highest BCUT2D eigenvalue weighted by Gasteiger charge is 2.27. The highest BCUT2D eigenvalue weighted by Crippen LogP contribution is 2.22. The predicted octanol–water partition coefficient (Wildman–Crippen LogP) is 3.89. The van der Waals surface area contributed by atoms with Gasteiger partial charge in [0.05, 0.1) is 0 Å². The molecule has 130 valence electrons. The van der Waals surface area contributed by atoms with Crippen LogP contribution in [-0.4, -0.2) is 41.2 Å². The first-order chi connectivity index (χ1) is 11.4. The monoisotopic (exact) mass is 331 g/mol. The number of para-hydroxylation sites is 2. The van der Waals surface area contributed by atoms with E-state index >= 15 is 0 Å². The van der Waals surface area contributed by atoms with Crippen LogP contribution in [0.3, 0.4) is 0 Å². The molecule has 0 bridgehead atoms. The van der Waals surface area contributed by atoms with Gasteiger partial charge in [-0.3, -0.25) is 0 Å². The molecule has 2 aromatic rings. The number of benzene rings is 1. The summed E-state index contributed by atoms with van der Waals surface area (Å²) in [6.45, 7) is 7.85. The summed E-state index contributed by atoms with van der Waals surface area (Å²) in [6.07, 6.45) is 1.83. The van der Waals surface area contributed by atoms with Crippen LogP contribution in [0.2, 0.25) is 0 Å². The molecular formula is C18H25N3O3. The Labute approximate surface area is 142 Å². The standard InChI is InChI=1S/C18H25N3O3/c1-18(2,3)24-17(22)21-10-6-7-13(12-21)11-19-16-20-14-8-4-5-9-15(14)23-16/h4-5,8-9,13H,6-7,10-12H2,1-3H3,(H,19,20). The first-order valence-electron chi connectivity index (χ1n) is 8.48. The summed E-state index contributed by atoms with van der Waals surface area (Å²) in [6, 6.07) is 8.23. The van der Waals surface area contributed by atoms with Crippen molar-refractivity contribution in [2.75, 3.05) is 25.0 Å². The molecule has 1 aliphatic rings. The Hall–Kier alpha value is -2.24. The Balaban J connectivity index is 1.54. The van der Waals surface area contributed by atoms with Gasteiger partial charge in [0.15, 0.2) is 5.58 Å². The second-order valence-electron chi connectivity index (χ2n) is 7.30. The van der Waals surface area contributed by atoms with Gasteiger partial charge in [-0.25, -0.2) is 4.79 Å². The zero-order chi connectivity index (χ0) is 17.2. The molecular weight excluding hydrogens is 306 g/mol. The number of aromatic nitrogens is 1. The number of piperidine rings is 1. The van der Waals surface area contributed by atoms with E-state index in [4.69, 9.17) is 9.15 Å². The third-order valence-electron chi connectivity index (χ3n) is 4.01. The van der Waals surface area contributed by atoms with Crippen molar-refractivity contribution in [1.82, 2.24) is 9.88 Å². The second-order valence-corrected chi connectivity index (χ2v) is 7.30. The normalized spacial score (nSPS) is 18.6. The van der Waals surface area contributed by atoms with Gasteiger partial charge in [-0.1, -0.05) is 12.1 Å². The van der Waals surface area contributed by atoms with Gasteiger partial charge < -0.3 is 19.4 Å². The Morgan fingerprint density at radius 3 is 2.96 bits per heavy atom. The molecule has 0 radical (unpaired) electrons. The molecule has 1 aliphatic heterocycles. The minimum Gasteiger partial charge on any atom is -0.444 e. The number of nitrogens with one attached hydrogen (secondary N) is 1. The fourth-order valence-corrected chi connectivity index (χ4v) is 2.90. The first-order valence-corrected chi connectivity index (χ1v) is 8.48. The van der Waals surface area contributed by atoms with Gasteiger partial charge in [0, 0.05) is 19.6 Å². The van der Waals surface area contributed by atoms with Crippen molar-refractivity contribution < 1.29 is 13.9 Å². The highest BCUT2D eigenvalue weighted by molar-refractivity contribution is 5.74. The molecule has 1 amide bonds. The van der Waals surface area contributed by atoms with E-state index in [0.717, 1.165) is 37.0 Å². The molecule has 3 rings (SSSR count). The number of hydrogen-bond donors (Lipinski definition) is 1. The summed E-state index contributed by atoms with van der Waals surface area (Å²) in [5, 5.41) is 3.25. The maximum atomic E-state index is 12.2. The van der Waals surface area contributed by atoms with Crippen LogP contribution in [0.25, 0.3) is 11.1 Å². The zero-order valence-electron chi connectivity index (χ0n) is 14.5. The molecule has 0 aliphatic carbocycles. The number of ether oxygens (including phenoxy) is 1. The minimum absolute atomic E-state index is 0.228. The van der Waals surface area contributed by atoms with E-state index in [2.05, 4.69) is 10.3 Å². The van der Waals surface area contributed by atoms with Crippen LogP contribution in [-0.2, 0) is 4.74 Å². The predicted molar refractivity (Wildman–Crippen MR) is 93.0 cm³/mol. The second kappa shape index (κ2) is 6.71. The smallest absolute Gasteiger partial charge is 0.410 e. The van der Waals surface area contributed by atoms with Crippen molar-refractivity contribution in [3.8, 4) is 0 Å². The summed E-state index contributed by atoms with van der Waals surface area (Å²) in [4.78, 5) is 18.4. The number of oxazole rings is 1. The first kappa shape index (κ1) is 16.6. The van der Waals surface area contributed by atoms with Gasteiger partial charge in [0.1, 0.15) is 11.1 Å². The molecule has 1 aromatic carbocycles. The van der Waals surface area contributed by atoms with E-state index in [1.165, 1.54) is 0 Å². The Morgan fingerprint density at radius 2 is 2.21 bits per heavy atom. The van der Waals surface area contributed by atoms with E-state index < -0.39 is 5.60 Å². The lowest BCUT2D eigenvalue weighted by atomic mass is 9.98. The molecule has 1 N–H and O–H groups in total. The fourth-order valence-electron chi connectivity index (χ4n) is 2.90. The molecule has 6 heteroatoms. The van der Waals surface area contributed by atoms with Gasteiger partial charge in [0.25, 0.3) is 6.01 Å². The molecule has 24 heavy (non-hydrogen) atoms. The van der Waals surface area contributed by atoms with E-state index in [0.29, 0.717) is 18.5 Å². The van der Waals surface area contributed by atoms with Gasteiger partial charge >= 0.3 is 6.09 Å². The Kier molecular flexibility index (Phi) is 4.64. The maximum absolute atomic E-state index is 12.2. The van der Waals surface area contributed by atoms with Crippen LogP contribution >= 0.6 is 0 Å². The van der Waals surface area contributed by atoms with Crippen LogP contribution < -0.4 is 5.32 Å². The van der Waals surface area contributed by atoms with Crippen molar-refractivity contribution in [2.45, 2.75) is 39.2 Å². The van der Waals surface area contributed by atoms with Gasteiger partial charge in [-0.15, -0.1) is 0 Å². The number of rotatable bonds is 3. The molecule has 1 fully saturated rings. The maximum Gasteiger partial charge on any atom is 0.410 e. The summed E-state index contributed by atoms with van der Waals surface area (Å²) in [5.41, 5.74) is 1.17. The van der Waals surface area contributed by atoms with Crippen molar-refractivity contribution in [1.29, 1.82) is 0 Å². The summed E-state index contributed by atoms with van der Waals surface area (Å²) in [5.74, 6) is 0.362. The van der Waals surface area contributed by atoms with E-state index in [-0.39, 0.29) is 6.09 Å².